The summed E-state index contributed by atoms with van der Waals surface area (Å²) in [6, 6.07) is 27.6. The number of aryl methyl sites for hydroxylation is 2. The quantitative estimate of drug-likeness (QED) is 0.188. The molecule has 0 spiro atoms. The predicted octanol–water partition coefficient (Wildman–Crippen LogP) is 10.9. The van der Waals surface area contributed by atoms with Crippen LogP contribution in [0.15, 0.2) is 83.3 Å². The van der Waals surface area contributed by atoms with Crippen LogP contribution in [0.2, 0.25) is 0 Å². The molecule has 0 aromatic heterocycles. The maximum absolute atomic E-state index is 3.52. The molecule has 4 aromatic carbocycles. The standard InChI is InChI=1S/C11H9Br.C11H10.C2H4Br2.2C2H6/c1-8-6-9-4-2-3-5-10(9)7-11(8)12;1-9-6-7-10-4-2-3-5-11(10)8-9;3-1-2-4;2*1-2/h2-7H,1H3;2-8H,1H3;1-2H2;2*1-2H3. The fourth-order valence-corrected chi connectivity index (χ4v) is 3.00. The van der Waals surface area contributed by atoms with E-state index in [0.717, 1.165) is 10.7 Å². The second-order valence-corrected chi connectivity index (χ2v) is 8.62. The molecule has 3 heteroatoms. The molecule has 0 fully saturated rings. The van der Waals surface area contributed by atoms with Gasteiger partial charge in [-0.15, -0.1) is 0 Å². The summed E-state index contributed by atoms with van der Waals surface area (Å²) in [5.41, 5.74) is 2.61. The monoisotopic (exact) mass is 608 g/mol. The van der Waals surface area contributed by atoms with Crippen LogP contribution in [0.4, 0.5) is 0 Å². The lowest BCUT2D eigenvalue weighted by atomic mass is 10.1. The Kier molecular flexibility index (Phi) is 17.7. The van der Waals surface area contributed by atoms with Gasteiger partial charge in [-0.1, -0.05) is 154 Å². The van der Waals surface area contributed by atoms with Gasteiger partial charge in [0.1, 0.15) is 0 Å². The van der Waals surface area contributed by atoms with Gasteiger partial charge in [0.25, 0.3) is 0 Å². The van der Waals surface area contributed by atoms with E-state index in [0.29, 0.717) is 0 Å². The summed E-state index contributed by atoms with van der Waals surface area (Å²) in [7, 11) is 0. The molecule has 0 saturated carbocycles. The third kappa shape index (κ3) is 11.3. The largest absolute Gasteiger partial charge is 0.0919 e. The van der Waals surface area contributed by atoms with Gasteiger partial charge in [-0.2, -0.15) is 0 Å². The van der Waals surface area contributed by atoms with Crippen LogP contribution in [0.25, 0.3) is 21.5 Å². The fourth-order valence-electron chi connectivity index (χ4n) is 2.64. The number of alkyl halides is 2. The average Bonchev–Trinajstić information content (AvgIpc) is 2.83. The first-order chi connectivity index (χ1) is 15.0. The van der Waals surface area contributed by atoms with Crippen LogP contribution in [0.5, 0.6) is 0 Å². The summed E-state index contributed by atoms with van der Waals surface area (Å²) < 4.78 is 1.18. The number of benzene rings is 4. The highest BCUT2D eigenvalue weighted by atomic mass is 79.9. The Morgan fingerprint density at radius 1 is 0.548 bits per heavy atom. The lowest BCUT2D eigenvalue weighted by Crippen LogP contribution is -1.77. The van der Waals surface area contributed by atoms with Crippen molar-refractivity contribution >= 4 is 69.3 Å². The Labute approximate surface area is 214 Å². The molecule has 0 bridgehead atoms. The van der Waals surface area contributed by atoms with E-state index in [-0.39, 0.29) is 0 Å². The van der Waals surface area contributed by atoms with Crippen molar-refractivity contribution in [3.05, 3.63) is 94.5 Å². The fraction of sp³-hybridized carbons (Fsp3) is 0.286. The molecule has 0 nitrogen and oxygen atoms in total. The summed E-state index contributed by atoms with van der Waals surface area (Å²) in [6.07, 6.45) is 0. The molecule has 0 aliphatic rings. The summed E-state index contributed by atoms with van der Waals surface area (Å²) in [6.45, 7) is 12.2. The molecule has 4 aromatic rings. The van der Waals surface area contributed by atoms with Crippen molar-refractivity contribution in [2.45, 2.75) is 41.5 Å². The molecule has 0 radical (unpaired) electrons. The molecule has 0 aliphatic heterocycles. The Morgan fingerprint density at radius 3 is 1.45 bits per heavy atom. The SMILES string of the molecule is BrCCBr.CC.CC.Cc1cc2ccccc2cc1Br.Cc1ccc2ccccc2c1. The molecule has 0 atom stereocenters. The van der Waals surface area contributed by atoms with Crippen molar-refractivity contribution in [3.8, 4) is 0 Å². The maximum atomic E-state index is 3.52. The van der Waals surface area contributed by atoms with Crippen LogP contribution in [-0.4, -0.2) is 10.7 Å². The molecule has 0 aliphatic carbocycles. The van der Waals surface area contributed by atoms with Gasteiger partial charge in [-0.05, 0) is 47.0 Å². The van der Waals surface area contributed by atoms with Crippen molar-refractivity contribution in [3.63, 3.8) is 0 Å². The Bertz CT molecular complexity index is 951. The van der Waals surface area contributed by atoms with Gasteiger partial charge in [-0.3, -0.25) is 0 Å². The van der Waals surface area contributed by atoms with Crippen LogP contribution < -0.4 is 0 Å². The maximum Gasteiger partial charge on any atom is 0.0210 e. The van der Waals surface area contributed by atoms with E-state index in [1.54, 1.807) is 0 Å². The number of fused-ring (bicyclic) bond motifs is 2. The highest BCUT2D eigenvalue weighted by Crippen LogP contribution is 2.23. The minimum atomic E-state index is 1.05. The molecule has 4 rings (SSSR count). The molecule has 168 valence electrons. The second-order valence-electron chi connectivity index (χ2n) is 6.18. The highest BCUT2D eigenvalue weighted by Gasteiger charge is 1.96. The van der Waals surface area contributed by atoms with Gasteiger partial charge in [0, 0.05) is 15.1 Å². The van der Waals surface area contributed by atoms with Gasteiger partial charge in [0.2, 0.25) is 0 Å². The zero-order valence-corrected chi connectivity index (χ0v) is 24.3. The van der Waals surface area contributed by atoms with Crippen LogP contribution in [-0.2, 0) is 0 Å². The predicted molar refractivity (Wildman–Crippen MR) is 155 cm³/mol. The highest BCUT2D eigenvalue weighted by molar-refractivity contribution is 9.12. The smallest absolute Gasteiger partial charge is 0.0210 e. The Balaban J connectivity index is 0.000000439. The first kappa shape index (κ1) is 29.8. The summed E-state index contributed by atoms with van der Waals surface area (Å²) >= 11 is 9.92. The summed E-state index contributed by atoms with van der Waals surface area (Å²) in [4.78, 5) is 0. The van der Waals surface area contributed by atoms with Crippen molar-refractivity contribution in [1.29, 1.82) is 0 Å². The molecule has 31 heavy (non-hydrogen) atoms. The topological polar surface area (TPSA) is 0 Å². The number of rotatable bonds is 1. The molecule has 0 amide bonds. The van der Waals surface area contributed by atoms with Gasteiger partial charge >= 0.3 is 0 Å². The van der Waals surface area contributed by atoms with Crippen molar-refractivity contribution in [2.75, 3.05) is 10.7 Å². The van der Waals surface area contributed by atoms with E-state index < -0.39 is 0 Å². The molecule has 0 heterocycles. The lowest BCUT2D eigenvalue weighted by molar-refractivity contribution is 1.46. The molecule has 0 N–H and O–H groups in total. The van der Waals surface area contributed by atoms with Crippen LogP contribution in [0.3, 0.4) is 0 Å². The second kappa shape index (κ2) is 18.4. The van der Waals surface area contributed by atoms with Crippen LogP contribution in [0, 0.1) is 13.8 Å². The van der Waals surface area contributed by atoms with Crippen molar-refractivity contribution < 1.29 is 0 Å². The summed E-state index contributed by atoms with van der Waals surface area (Å²) in [5, 5.41) is 7.33. The molecular weight excluding hydrogens is 576 g/mol. The Hall–Kier alpha value is -1.16. The third-order valence-corrected chi connectivity index (χ3v) is 6.71. The van der Waals surface area contributed by atoms with Crippen LogP contribution >= 0.6 is 47.8 Å². The molecule has 0 unspecified atom stereocenters. The van der Waals surface area contributed by atoms with E-state index >= 15 is 0 Å². The first-order valence-electron chi connectivity index (χ1n) is 10.8. The van der Waals surface area contributed by atoms with Crippen LogP contribution in [0.1, 0.15) is 38.8 Å². The van der Waals surface area contributed by atoms with Gasteiger partial charge in [0.05, 0.1) is 0 Å². The van der Waals surface area contributed by atoms with Crippen molar-refractivity contribution in [1.82, 2.24) is 0 Å². The van der Waals surface area contributed by atoms with E-state index in [1.807, 2.05) is 27.7 Å². The minimum Gasteiger partial charge on any atom is -0.0919 e. The first-order valence-corrected chi connectivity index (χ1v) is 13.8. The number of hydrogen-bond acceptors (Lipinski definition) is 0. The van der Waals surface area contributed by atoms with Gasteiger partial charge in [0.15, 0.2) is 0 Å². The normalized spacial score (nSPS) is 9.06. The van der Waals surface area contributed by atoms with Gasteiger partial charge in [-0.25, -0.2) is 0 Å². The van der Waals surface area contributed by atoms with E-state index in [1.165, 1.54) is 37.1 Å². The van der Waals surface area contributed by atoms with Gasteiger partial charge < -0.3 is 0 Å². The average molecular weight is 611 g/mol. The van der Waals surface area contributed by atoms with Crippen molar-refractivity contribution in [2.24, 2.45) is 0 Å². The van der Waals surface area contributed by atoms with E-state index in [4.69, 9.17) is 0 Å². The zero-order valence-electron chi connectivity index (χ0n) is 19.6. The third-order valence-electron chi connectivity index (χ3n) is 4.00. The van der Waals surface area contributed by atoms with E-state index in [2.05, 4.69) is 141 Å². The molecular formula is C28H35Br3. The molecule has 0 saturated heterocycles. The summed E-state index contributed by atoms with van der Waals surface area (Å²) in [5.74, 6) is 0. The Morgan fingerprint density at radius 2 is 0.968 bits per heavy atom. The minimum absolute atomic E-state index is 1.05. The zero-order chi connectivity index (χ0) is 23.6. The number of halogens is 3. The lowest BCUT2D eigenvalue weighted by Gasteiger charge is -2.01. The number of hydrogen-bond donors (Lipinski definition) is 0. The van der Waals surface area contributed by atoms with E-state index in [9.17, 15) is 0 Å².